The molecule has 3 heterocycles. The Morgan fingerprint density at radius 2 is 2.07 bits per heavy atom. The molecule has 2 N–H and O–H groups in total. The van der Waals surface area contributed by atoms with Crippen molar-refractivity contribution in [3.63, 3.8) is 0 Å². The third-order valence-electron chi connectivity index (χ3n) is 6.08. The highest BCUT2D eigenvalue weighted by Gasteiger charge is 2.59. The number of benzene rings is 2. The first-order chi connectivity index (χ1) is 13.4. The molecule has 3 atom stereocenters. The molecule has 146 valence electrons. The Balaban J connectivity index is 1.70. The molecule has 1 spiro atoms. The second kappa shape index (κ2) is 6.09. The number of halogens is 2. The molecule has 3 aliphatic rings. The minimum atomic E-state index is -0.694. The van der Waals surface area contributed by atoms with Gasteiger partial charge in [-0.25, -0.2) is 9.38 Å². The van der Waals surface area contributed by atoms with Gasteiger partial charge in [-0.1, -0.05) is 17.7 Å². The van der Waals surface area contributed by atoms with Crippen LogP contribution in [0.15, 0.2) is 41.4 Å². The van der Waals surface area contributed by atoms with Crippen molar-refractivity contribution in [1.82, 2.24) is 0 Å². The average molecular weight is 403 g/mol. The van der Waals surface area contributed by atoms with Crippen LogP contribution in [-0.2, 0) is 15.0 Å². The van der Waals surface area contributed by atoms with E-state index in [9.17, 15) is 4.39 Å². The van der Waals surface area contributed by atoms with Gasteiger partial charge in [0.05, 0.1) is 19.1 Å². The van der Waals surface area contributed by atoms with Gasteiger partial charge in [-0.2, -0.15) is 0 Å². The topological polar surface area (TPSA) is 66.1 Å². The van der Waals surface area contributed by atoms with Gasteiger partial charge < -0.3 is 19.9 Å². The molecule has 7 heteroatoms. The Labute approximate surface area is 167 Å². The molecule has 0 saturated carbocycles. The zero-order chi connectivity index (χ0) is 19.5. The van der Waals surface area contributed by atoms with Gasteiger partial charge in [0.15, 0.2) is 0 Å². The van der Waals surface area contributed by atoms with E-state index in [2.05, 4.69) is 6.92 Å². The van der Waals surface area contributed by atoms with E-state index in [4.69, 9.17) is 36.5 Å². The number of rotatable bonds is 1. The second-order valence-electron chi connectivity index (χ2n) is 7.82. The fourth-order valence-corrected chi connectivity index (χ4v) is 4.87. The molecule has 0 amide bonds. The average Bonchev–Trinajstić information content (AvgIpc) is 3.03. The summed E-state index contributed by atoms with van der Waals surface area (Å²) < 4.78 is 31.7. The first-order valence-electron chi connectivity index (χ1n) is 9.26. The van der Waals surface area contributed by atoms with Crippen LogP contribution in [0.25, 0.3) is 11.1 Å². The summed E-state index contributed by atoms with van der Waals surface area (Å²) in [5.41, 5.74) is 7.20. The second-order valence-corrected chi connectivity index (χ2v) is 8.26. The van der Waals surface area contributed by atoms with Gasteiger partial charge >= 0.3 is 0 Å². The normalized spacial score (nSPS) is 30.8. The Morgan fingerprint density at radius 3 is 2.82 bits per heavy atom. The third kappa shape index (κ3) is 2.58. The number of hydrogen-bond acceptors (Lipinski definition) is 5. The number of aliphatic imine (C=N–C) groups is 1. The lowest BCUT2D eigenvalue weighted by Crippen LogP contribution is -2.59. The zero-order valence-electron chi connectivity index (χ0n) is 15.4. The predicted octanol–water partition coefficient (Wildman–Crippen LogP) is 3.87. The van der Waals surface area contributed by atoms with Crippen LogP contribution in [0.3, 0.4) is 0 Å². The summed E-state index contributed by atoms with van der Waals surface area (Å²) >= 11 is 6.05. The van der Waals surface area contributed by atoms with E-state index in [-0.39, 0.29) is 17.8 Å². The SMILES string of the molecule is C[C@@]12CCOC[C@@H]1[C@]1(COC(N)=N1)c1cc(-c3cc(F)cc(Cl)c3)ccc1O2. The van der Waals surface area contributed by atoms with Crippen LogP contribution in [0.4, 0.5) is 4.39 Å². The summed E-state index contributed by atoms with van der Waals surface area (Å²) in [6.07, 6.45) is 0.759. The van der Waals surface area contributed by atoms with E-state index < -0.39 is 11.1 Å². The number of hydrogen-bond donors (Lipinski definition) is 1. The summed E-state index contributed by atoms with van der Waals surface area (Å²) in [4.78, 5) is 4.73. The molecule has 0 aromatic heterocycles. The van der Waals surface area contributed by atoms with E-state index in [1.54, 1.807) is 6.07 Å². The molecule has 1 fully saturated rings. The molecule has 0 bridgehead atoms. The fraction of sp³-hybridized carbons (Fsp3) is 0.381. The van der Waals surface area contributed by atoms with Crippen LogP contribution >= 0.6 is 11.6 Å². The zero-order valence-corrected chi connectivity index (χ0v) is 16.1. The molecule has 2 aromatic rings. The fourth-order valence-electron chi connectivity index (χ4n) is 4.65. The lowest BCUT2D eigenvalue weighted by Gasteiger charge is -2.52. The molecule has 28 heavy (non-hydrogen) atoms. The predicted molar refractivity (Wildman–Crippen MR) is 104 cm³/mol. The summed E-state index contributed by atoms with van der Waals surface area (Å²) in [6.45, 7) is 3.56. The molecule has 0 unspecified atom stereocenters. The summed E-state index contributed by atoms with van der Waals surface area (Å²) in [5, 5.41) is 0.346. The van der Waals surface area contributed by atoms with Crippen molar-refractivity contribution in [2.45, 2.75) is 24.5 Å². The smallest absolute Gasteiger partial charge is 0.283 e. The highest BCUT2D eigenvalue weighted by molar-refractivity contribution is 6.30. The minimum Gasteiger partial charge on any atom is -0.487 e. The molecule has 0 radical (unpaired) electrons. The van der Waals surface area contributed by atoms with Crippen LogP contribution in [0.2, 0.25) is 5.02 Å². The van der Waals surface area contributed by atoms with E-state index in [0.29, 0.717) is 30.4 Å². The maximum atomic E-state index is 13.9. The largest absolute Gasteiger partial charge is 0.487 e. The maximum absolute atomic E-state index is 13.9. The van der Waals surface area contributed by atoms with E-state index in [1.807, 2.05) is 18.2 Å². The Morgan fingerprint density at radius 1 is 1.21 bits per heavy atom. The molecular weight excluding hydrogens is 383 g/mol. The maximum Gasteiger partial charge on any atom is 0.283 e. The standard InChI is InChI=1S/C21H20ClFN2O3/c1-20-4-5-26-10-18(20)21(11-27-19(24)25-21)16-8-12(2-3-17(16)28-20)13-6-14(22)9-15(23)7-13/h2-3,6-9,18H,4-5,10-11H2,1H3,(H2,24,25)/t18-,20+,21-/m0/s1. The van der Waals surface area contributed by atoms with Gasteiger partial charge in [-0.15, -0.1) is 0 Å². The van der Waals surface area contributed by atoms with Crippen LogP contribution < -0.4 is 10.5 Å². The number of fused-ring (bicyclic) bond motifs is 4. The van der Waals surface area contributed by atoms with Crippen molar-refractivity contribution in [2.75, 3.05) is 19.8 Å². The summed E-state index contributed by atoms with van der Waals surface area (Å²) in [6, 6.07) is 10.4. The molecule has 2 aromatic carbocycles. The van der Waals surface area contributed by atoms with Crippen molar-refractivity contribution in [3.05, 3.63) is 52.8 Å². The van der Waals surface area contributed by atoms with Crippen LogP contribution in [0.1, 0.15) is 18.9 Å². The number of nitrogens with zero attached hydrogens (tertiary/aromatic N) is 1. The number of nitrogens with two attached hydrogens (primary N) is 1. The van der Waals surface area contributed by atoms with E-state index in [0.717, 1.165) is 23.3 Å². The Kier molecular flexibility index (Phi) is 3.87. The highest BCUT2D eigenvalue weighted by Crippen LogP contribution is 2.54. The van der Waals surface area contributed by atoms with Crippen molar-refractivity contribution < 1.29 is 18.6 Å². The van der Waals surface area contributed by atoms with Gasteiger partial charge in [0.1, 0.15) is 29.3 Å². The summed E-state index contributed by atoms with van der Waals surface area (Å²) in [5.74, 6) is 0.313. The summed E-state index contributed by atoms with van der Waals surface area (Å²) in [7, 11) is 0. The molecule has 5 nitrogen and oxygen atoms in total. The van der Waals surface area contributed by atoms with Gasteiger partial charge in [-0.05, 0) is 48.4 Å². The third-order valence-corrected chi connectivity index (χ3v) is 6.29. The minimum absolute atomic E-state index is 0.0475. The highest BCUT2D eigenvalue weighted by atomic mass is 35.5. The van der Waals surface area contributed by atoms with Crippen molar-refractivity contribution in [3.8, 4) is 16.9 Å². The van der Waals surface area contributed by atoms with E-state index >= 15 is 0 Å². The Bertz CT molecular complexity index is 977. The first kappa shape index (κ1) is 17.8. The van der Waals surface area contributed by atoms with Gasteiger partial charge in [0.25, 0.3) is 6.02 Å². The quantitative estimate of drug-likeness (QED) is 0.786. The van der Waals surface area contributed by atoms with Crippen LogP contribution in [0, 0.1) is 11.7 Å². The molecular formula is C21H20ClFN2O3. The van der Waals surface area contributed by atoms with Gasteiger partial charge in [-0.3, -0.25) is 0 Å². The lowest BCUT2D eigenvalue weighted by molar-refractivity contribution is -0.129. The number of amidine groups is 1. The molecule has 1 saturated heterocycles. The molecule has 3 aliphatic heterocycles. The van der Waals surface area contributed by atoms with Crippen LogP contribution in [-0.4, -0.2) is 31.4 Å². The van der Waals surface area contributed by atoms with Gasteiger partial charge in [0, 0.05) is 17.0 Å². The Hall–Kier alpha value is -2.31. The van der Waals surface area contributed by atoms with E-state index in [1.165, 1.54) is 12.1 Å². The molecule has 0 aliphatic carbocycles. The lowest BCUT2D eigenvalue weighted by atomic mass is 9.66. The van der Waals surface area contributed by atoms with Crippen molar-refractivity contribution in [1.29, 1.82) is 0 Å². The van der Waals surface area contributed by atoms with Crippen molar-refractivity contribution >= 4 is 17.6 Å². The van der Waals surface area contributed by atoms with Crippen LogP contribution in [0.5, 0.6) is 5.75 Å². The van der Waals surface area contributed by atoms with Crippen molar-refractivity contribution in [2.24, 2.45) is 16.6 Å². The first-order valence-corrected chi connectivity index (χ1v) is 9.63. The monoisotopic (exact) mass is 402 g/mol. The molecule has 5 rings (SSSR count). The number of ether oxygens (including phenoxy) is 3. The van der Waals surface area contributed by atoms with Gasteiger partial charge in [0.2, 0.25) is 0 Å².